The third kappa shape index (κ3) is 3.45. The van der Waals surface area contributed by atoms with E-state index in [2.05, 4.69) is 11.0 Å². The Labute approximate surface area is 120 Å². The van der Waals surface area contributed by atoms with Crippen LogP contribution in [0.3, 0.4) is 0 Å². The van der Waals surface area contributed by atoms with Crippen LogP contribution in [0.1, 0.15) is 21.6 Å². The molecule has 0 bridgehead atoms. The van der Waals surface area contributed by atoms with Crippen LogP contribution < -0.4 is 0 Å². The van der Waals surface area contributed by atoms with Gasteiger partial charge in [0.05, 0.1) is 5.69 Å². The smallest absolute Gasteiger partial charge is 0.202 e. The Bertz CT molecular complexity index is 623. The highest BCUT2D eigenvalue weighted by Gasteiger charge is 2.05. The Morgan fingerprint density at radius 2 is 1.95 bits per heavy atom. The number of carbonyl (C=O) groups excluding carboxylic acids is 1. The first-order valence-corrected chi connectivity index (χ1v) is 6.64. The molecule has 1 aromatic heterocycles. The maximum absolute atomic E-state index is 12.1. The molecule has 0 aliphatic carbocycles. The van der Waals surface area contributed by atoms with Crippen molar-refractivity contribution in [3.05, 3.63) is 65.5 Å². The summed E-state index contributed by atoms with van der Waals surface area (Å²) in [6.07, 6.45) is 5.42. The predicted octanol–water partition coefficient (Wildman–Crippen LogP) is 2.98. The van der Waals surface area contributed by atoms with Gasteiger partial charge in [0, 0.05) is 19.8 Å². The highest BCUT2D eigenvalue weighted by atomic mass is 16.1. The van der Waals surface area contributed by atoms with Crippen molar-refractivity contribution in [1.29, 1.82) is 0 Å². The molecule has 0 N–H and O–H groups in total. The summed E-state index contributed by atoms with van der Waals surface area (Å²) in [7, 11) is 5.95. The monoisotopic (exact) mass is 268 g/mol. The summed E-state index contributed by atoms with van der Waals surface area (Å²) in [5, 5.41) is 0. The lowest BCUT2D eigenvalue weighted by Gasteiger charge is -2.11. The Balaban J connectivity index is 2.19. The fourth-order valence-electron chi connectivity index (χ4n) is 2.15. The molecule has 0 aliphatic rings. The molecule has 0 saturated carbocycles. The molecule has 1 aromatic carbocycles. The minimum absolute atomic E-state index is 0.0251. The molecule has 0 saturated heterocycles. The Kier molecular flexibility index (Phi) is 4.53. The minimum atomic E-state index is 0.0251. The maximum atomic E-state index is 12.1. The molecule has 0 atom stereocenters. The lowest BCUT2D eigenvalue weighted by molar-refractivity contribution is 0.104. The fraction of sp³-hybridized carbons (Fsp3) is 0.235. The summed E-state index contributed by atoms with van der Waals surface area (Å²) in [5.41, 5.74) is 3.00. The van der Waals surface area contributed by atoms with E-state index >= 15 is 0 Å². The van der Waals surface area contributed by atoms with Crippen molar-refractivity contribution in [3.63, 3.8) is 0 Å². The third-order valence-corrected chi connectivity index (χ3v) is 3.15. The van der Waals surface area contributed by atoms with Crippen LogP contribution in [0.4, 0.5) is 0 Å². The van der Waals surface area contributed by atoms with Crippen molar-refractivity contribution in [2.45, 2.75) is 6.54 Å². The second kappa shape index (κ2) is 6.35. The molecule has 0 fully saturated rings. The van der Waals surface area contributed by atoms with Crippen LogP contribution in [0.5, 0.6) is 0 Å². The van der Waals surface area contributed by atoms with Crippen molar-refractivity contribution in [2.24, 2.45) is 7.05 Å². The molecule has 1 heterocycles. The first-order chi connectivity index (χ1) is 9.58. The van der Waals surface area contributed by atoms with Crippen LogP contribution >= 0.6 is 0 Å². The van der Waals surface area contributed by atoms with Crippen LogP contribution in [0, 0.1) is 0 Å². The highest BCUT2D eigenvalue weighted by Crippen LogP contribution is 2.13. The van der Waals surface area contributed by atoms with Crippen LogP contribution in [0.2, 0.25) is 0 Å². The molecule has 0 aliphatic heterocycles. The van der Waals surface area contributed by atoms with Crippen molar-refractivity contribution in [2.75, 3.05) is 14.1 Å². The van der Waals surface area contributed by atoms with Gasteiger partial charge < -0.3 is 9.47 Å². The van der Waals surface area contributed by atoms with Gasteiger partial charge in [0.15, 0.2) is 0 Å². The van der Waals surface area contributed by atoms with Gasteiger partial charge in [-0.3, -0.25) is 4.79 Å². The largest absolute Gasteiger partial charge is 0.348 e. The molecule has 2 aromatic rings. The second-order valence-corrected chi connectivity index (χ2v) is 5.14. The molecule has 104 valence electrons. The molecule has 3 nitrogen and oxygen atoms in total. The van der Waals surface area contributed by atoms with Crippen LogP contribution in [0.25, 0.3) is 6.08 Å². The molecular weight excluding hydrogens is 248 g/mol. The van der Waals surface area contributed by atoms with Gasteiger partial charge in [-0.2, -0.15) is 0 Å². The number of hydrogen-bond donors (Lipinski definition) is 0. The molecule has 0 unspecified atom stereocenters. The van der Waals surface area contributed by atoms with Crippen LogP contribution in [-0.4, -0.2) is 29.3 Å². The van der Waals surface area contributed by atoms with E-state index in [0.717, 1.165) is 12.1 Å². The lowest BCUT2D eigenvalue weighted by Crippen LogP contribution is -2.11. The zero-order valence-corrected chi connectivity index (χ0v) is 12.2. The summed E-state index contributed by atoms with van der Waals surface area (Å²) in [6, 6.07) is 11.8. The summed E-state index contributed by atoms with van der Waals surface area (Å²) in [5.74, 6) is 0.0251. The number of allylic oxidation sites excluding steroid dienone is 1. The van der Waals surface area contributed by atoms with E-state index in [-0.39, 0.29) is 5.78 Å². The SMILES string of the molecule is CN(C)Cc1ccccc1C=CC(=O)c1cccn1C. The van der Waals surface area contributed by atoms with Crippen molar-refractivity contribution < 1.29 is 4.79 Å². The van der Waals surface area contributed by atoms with Gasteiger partial charge in [-0.15, -0.1) is 0 Å². The number of aryl methyl sites for hydroxylation is 1. The second-order valence-electron chi connectivity index (χ2n) is 5.14. The zero-order chi connectivity index (χ0) is 14.5. The first kappa shape index (κ1) is 14.3. The molecule has 3 heteroatoms. The topological polar surface area (TPSA) is 25.2 Å². The Hall–Kier alpha value is -2.13. The van der Waals surface area contributed by atoms with Gasteiger partial charge in [-0.1, -0.05) is 30.3 Å². The number of benzene rings is 1. The number of nitrogens with zero attached hydrogens (tertiary/aromatic N) is 2. The lowest BCUT2D eigenvalue weighted by atomic mass is 10.1. The zero-order valence-electron chi connectivity index (χ0n) is 12.2. The maximum Gasteiger partial charge on any atom is 0.202 e. The predicted molar refractivity (Wildman–Crippen MR) is 82.6 cm³/mol. The highest BCUT2D eigenvalue weighted by molar-refractivity contribution is 6.05. The molecule has 0 amide bonds. The normalized spacial score (nSPS) is 11.4. The van der Waals surface area contributed by atoms with Crippen molar-refractivity contribution in [1.82, 2.24) is 9.47 Å². The van der Waals surface area contributed by atoms with Crippen molar-refractivity contribution >= 4 is 11.9 Å². The quantitative estimate of drug-likeness (QED) is 0.615. The van der Waals surface area contributed by atoms with Gasteiger partial charge in [0.25, 0.3) is 0 Å². The summed E-state index contributed by atoms with van der Waals surface area (Å²) in [6.45, 7) is 0.860. The number of hydrogen-bond acceptors (Lipinski definition) is 2. The molecule has 20 heavy (non-hydrogen) atoms. The molecule has 2 rings (SSSR count). The Morgan fingerprint density at radius 1 is 1.20 bits per heavy atom. The summed E-state index contributed by atoms with van der Waals surface area (Å²) >= 11 is 0. The summed E-state index contributed by atoms with van der Waals surface area (Å²) in [4.78, 5) is 14.2. The van der Waals surface area contributed by atoms with E-state index in [4.69, 9.17) is 0 Å². The van der Waals surface area contributed by atoms with Crippen LogP contribution in [-0.2, 0) is 13.6 Å². The standard InChI is InChI=1S/C17H20N2O/c1-18(2)13-15-8-5-4-7-14(15)10-11-17(20)16-9-6-12-19(16)3/h4-12H,13H2,1-3H3. The minimum Gasteiger partial charge on any atom is -0.348 e. The van der Waals surface area contributed by atoms with Gasteiger partial charge in [-0.05, 0) is 43.4 Å². The van der Waals surface area contributed by atoms with E-state index in [0.29, 0.717) is 5.69 Å². The Morgan fingerprint density at radius 3 is 2.60 bits per heavy atom. The average Bonchev–Trinajstić information content (AvgIpc) is 2.83. The molecule has 0 spiro atoms. The number of aromatic nitrogens is 1. The molecule has 0 radical (unpaired) electrons. The molecular formula is C17H20N2O. The first-order valence-electron chi connectivity index (χ1n) is 6.64. The van der Waals surface area contributed by atoms with Gasteiger partial charge in [0.1, 0.15) is 0 Å². The van der Waals surface area contributed by atoms with E-state index in [1.807, 2.05) is 68.3 Å². The van der Waals surface area contributed by atoms with Gasteiger partial charge in [-0.25, -0.2) is 0 Å². The average molecular weight is 268 g/mol. The van der Waals surface area contributed by atoms with Gasteiger partial charge >= 0.3 is 0 Å². The van der Waals surface area contributed by atoms with E-state index in [9.17, 15) is 4.79 Å². The van der Waals surface area contributed by atoms with E-state index in [1.165, 1.54) is 5.56 Å². The van der Waals surface area contributed by atoms with Gasteiger partial charge in [0.2, 0.25) is 5.78 Å². The van der Waals surface area contributed by atoms with Crippen molar-refractivity contribution in [3.8, 4) is 0 Å². The third-order valence-electron chi connectivity index (χ3n) is 3.15. The number of rotatable bonds is 5. The van der Waals surface area contributed by atoms with E-state index in [1.54, 1.807) is 6.08 Å². The number of ketones is 1. The number of carbonyl (C=O) groups is 1. The summed E-state index contributed by atoms with van der Waals surface area (Å²) < 4.78 is 1.83. The fourth-order valence-corrected chi connectivity index (χ4v) is 2.15. The van der Waals surface area contributed by atoms with E-state index < -0.39 is 0 Å². The van der Waals surface area contributed by atoms with Crippen LogP contribution in [0.15, 0.2) is 48.7 Å².